The molecular weight excluding hydrogens is 327 g/mol. The summed E-state index contributed by atoms with van der Waals surface area (Å²) >= 11 is 1.69. The smallest absolute Gasteiger partial charge is 0.163 e. The van der Waals surface area contributed by atoms with Crippen LogP contribution in [0, 0.1) is 0 Å². The van der Waals surface area contributed by atoms with Gasteiger partial charge in [0.2, 0.25) is 0 Å². The number of hydrogen-bond donors (Lipinski definition) is 1. The van der Waals surface area contributed by atoms with Gasteiger partial charge in [-0.15, -0.1) is 11.3 Å². The van der Waals surface area contributed by atoms with Gasteiger partial charge in [-0.1, -0.05) is 38.0 Å². The summed E-state index contributed by atoms with van der Waals surface area (Å²) in [7, 11) is 2.28. The van der Waals surface area contributed by atoms with Crippen molar-refractivity contribution in [2.24, 2.45) is 0 Å². The highest BCUT2D eigenvalue weighted by Crippen LogP contribution is 2.23. The number of allylic oxidation sites excluding steroid dienone is 1. The summed E-state index contributed by atoms with van der Waals surface area (Å²) in [5.74, 6) is 0.561. The van der Waals surface area contributed by atoms with E-state index in [9.17, 15) is 4.79 Å². The monoisotopic (exact) mass is 351 g/mol. The predicted octanol–water partition coefficient (Wildman–Crippen LogP) is 3.95. The van der Waals surface area contributed by atoms with E-state index in [1.54, 1.807) is 11.3 Å². The van der Waals surface area contributed by atoms with Gasteiger partial charge in [-0.3, -0.25) is 9.78 Å². The lowest BCUT2D eigenvalue weighted by Crippen LogP contribution is -2.40. The highest BCUT2D eigenvalue weighted by Gasteiger charge is 2.23. The summed E-state index contributed by atoms with van der Waals surface area (Å²) in [6.07, 6.45) is 7.13. The molecule has 0 spiro atoms. The summed E-state index contributed by atoms with van der Waals surface area (Å²) in [5.41, 5.74) is 6.36. The number of nitrogens with zero attached hydrogens (tertiary/aromatic N) is 1. The second kappa shape index (κ2) is 8.48. The highest BCUT2D eigenvalue weighted by atomic mass is 32.1. The lowest BCUT2D eigenvalue weighted by Gasteiger charge is -2.28. The number of ketones is 1. The van der Waals surface area contributed by atoms with E-state index in [2.05, 4.69) is 37.1 Å². The number of aromatic nitrogens is 1. The first-order valence-corrected chi connectivity index (χ1v) is 9.84. The molecule has 0 amide bonds. The molecule has 1 aliphatic rings. The number of hydrogen-bond acceptors (Lipinski definition) is 4. The van der Waals surface area contributed by atoms with Gasteiger partial charge in [0.25, 0.3) is 0 Å². The van der Waals surface area contributed by atoms with Crippen LogP contribution < -0.4 is 5.32 Å². The van der Waals surface area contributed by atoms with Crippen LogP contribution in [-0.4, -0.2) is 24.0 Å². The zero-order chi connectivity index (χ0) is 17.6. The summed E-state index contributed by atoms with van der Waals surface area (Å²) < 4.78 is 0. The highest BCUT2D eigenvalue weighted by molar-refractivity contribution is 7.09. The van der Waals surface area contributed by atoms with Gasteiger partial charge >= 0.3 is 0 Å². The Labute approximate surface area is 154 Å². The molecule has 1 radical (unpaired) electrons. The predicted molar refractivity (Wildman–Crippen MR) is 105 cm³/mol. The fourth-order valence-corrected chi connectivity index (χ4v) is 3.95. The zero-order valence-corrected chi connectivity index (χ0v) is 15.6. The molecule has 1 atom stereocenters. The lowest BCUT2D eigenvalue weighted by molar-refractivity contribution is 0.0981. The maximum Gasteiger partial charge on any atom is 0.163 e. The minimum Gasteiger partial charge on any atom is -0.394 e. The number of rotatable bonds is 8. The fourth-order valence-electron chi connectivity index (χ4n) is 3.35. The van der Waals surface area contributed by atoms with E-state index >= 15 is 0 Å². The van der Waals surface area contributed by atoms with Crippen LogP contribution >= 0.6 is 11.3 Å². The van der Waals surface area contributed by atoms with Gasteiger partial charge in [0.05, 0.1) is 5.51 Å². The first kappa shape index (κ1) is 17.9. The van der Waals surface area contributed by atoms with Gasteiger partial charge in [-0.05, 0) is 42.8 Å². The van der Waals surface area contributed by atoms with Crippen LogP contribution in [0.2, 0.25) is 0 Å². The SMILES string of the molecule is C=C(CCc1cncs1)NC1[B]Cc2c(cccc2C(=O)CCC)C1. The summed E-state index contributed by atoms with van der Waals surface area (Å²) in [6, 6.07) is 6.15. The molecule has 5 heteroatoms. The molecule has 2 heterocycles. The van der Waals surface area contributed by atoms with Crippen LogP contribution in [0.3, 0.4) is 0 Å². The minimum atomic E-state index is 0.271. The molecule has 1 aliphatic heterocycles. The van der Waals surface area contributed by atoms with E-state index in [0.717, 1.165) is 43.3 Å². The van der Waals surface area contributed by atoms with Crippen molar-refractivity contribution >= 4 is 24.4 Å². The zero-order valence-electron chi connectivity index (χ0n) is 14.8. The van der Waals surface area contributed by atoms with Crippen molar-refractivity contribution in [1.82, 2.24) is 10.3 Å². The van der Waals surface area contributed by atoms with Crippen LogP contribution in [0.25, 0.3) is 0 Å². The topological polar surface area (TPSA) is 42.0 Å². The van der Waals surface area contributed by atoms with Gasteiger partial charge in [0, 0.05) is 28.8 Å². The molecule has 0 bridgehead atoms. The third-order valence-electron chi connectivity index (χ3n) is 4.64. The van der Waals surface area contributed by atoms with Crippen LogP contribution in [0.15, 0.2) is 42.2 Å². The Hall–Kier alpha value is -1.88. The molecule has 0 aliphatic carbocycles. The summed E-state index contributed by atoms with van der Waals surface area (Å²) in [6.45, 7) is 6.23. The van der Waals surface area contributed by atoms with E-state index in [1.165, 1.54) is 16.0 Å². The minimum absolute atomic E-state index is 0.271. The van der Waals surface area contributed by atoms with Crippen LogP contribution in [0.4, 0.5) is 0 Å². The van der Waals surface area contributed by atoms with Crippen molar-refractivity contribution in [2.75, 3.05) is 0 Å². The molecule has 3 nitrogen and oxygen atoms in total. The molecule has 129 valence electrons. The van der Waals surface area contributed by atoms with E-state index < -0.39 is 0 Å². The Bertz CT molecular complexity index is 742. The largest absolute Gasteiger partial charge is 0.394 e. The van der Waals surface area contributed by atoms with Gasteiger partial charge < -0.3 is 5.32 Å². The standard InChI is InChI=1S/C20H24BN2OS/c1-3-5-19(24)17-7-4-6-15-10-20(21-11-18(15)17)23-14(2)8-9-16-12-22-13-25-16/h4,6-7,12-13,20,23H,2-3,5,8-11H2,1H3. The molecule has 2 aromatic rings. The Morgan fingerprint density at radius 1 is 1.44 bits per heavy atom. The van der Waals surface area contributed by atoms with Gasteiger partial charge in [0.15, 0.2) is 5.78 Å². The Kier molecular flexibility index (Phi) is 6.08. The van der Waals surface area contributed by atoms with Gasteiger partial charge in [0.1, 0.15) is 7.28 Å². The second-order valence-corrected chi connectivity index (χ2v) is 7.55. The van der Waals surface area contributed by atoms with Crippen molar-refractivity contribution < 1.29 is 4.79 Å². The summed E-state index contributed by atoms with van der Waals surface area (Å²) in [5, 5.41) is 3.55. The van der Waals surface area contributed by atoms with Gasteiger partial charge in [-0.2, -0.15) is 0 Å². The molecule has 1 aromatic heterocycles. The lowest BCUT2D eigenvalue weighted by atomic mass is 9.57. The number of thiazole rings is 1. The van der Waals surface area contributed by atoms with Crippen molar-refractivity contribution in [3.63, 3.8) is 0 Å². The van der Waals surface area contributed by atoms with E-state index in [4.69, 9.17) is 0 Å². The second-order valence-electron chi connectivity index (χ2n) is 6.58. The molecular formula is C20H24BN2OS. The number of nitrogens with one attached hydrogen (secondary N) is 1. The molecule has 3 rings (SSSR count). The third kappa shape index (κ3) is 4.60. The van der Waals surface area contributed by atoms with Gasteiger partial charge in [-0.25, -0.2) is 0 Å². The Morgan fingerprint density at radius 3 is 3.08 bits per heavy atom. The molecule has 1 N–H and O–H groups in total. The van der Waals surface area contributed by atoms with Crippen LogP contribution in [-0.2, 0) is 19.2 Å². The molecule has 1 unspecified atom stereocenters. The van der Waals surface area contributed by atoms with E-state index in [-0.39, 0.29) is 11.7 Å². The molecule has 1 aromatic carbocycles. The number of benzene rings is 1. The van der Waals surface area contributed by atoms with Crippen molar-refractivity contribution in [3.8, 4) is 0 Å². The fraction of sp³-hybridized carbons (Fsp3) is 0.400. The maximum absolute atomic E-state index is 12.3. The Morgan fingerprint density at radius 2 is 2.32 bits per heavy atom. The van der Waals surface area contributed by atoms with Crippen molar-refractivity contribution in [3.05, 3.63) is 63.7 Å². The number of carbonyl (C=O) groups is 1. The molecule has 0 saturated heterocycles. The molecule has 0 saturated carbocycles. The Balaban J connectivity index is 1.58. The molecule has 25 heavy (non-hydrogen) atoms. The summed E-state index contributed by atoms with van der Waals surface area (Å²) in [4.78, 5) is 17.7. The third-order valence-corrected chi connectivity index (χ3v) is 5.48. The normalized spacial score (nSPS) is 16.0. The number of aryl methyl sites for hydroxylation is 1. The molecule has 0 fully saturated rings. The number of Topliss-reactive ketones (excluding diaryl/α,β-unsaturated/α-hetero) is 1. The van der Waals surface area contributed by atoms with Crippen LogP contribution in [0.5, 0.6) is 0 Å². The van der Waals surface area contributed by atoms with E-state index in [0.29, 0.717) is 6.42 Å². The van der Waals surface area contributed by atoms with Crippen molar-refractivity contribution in [1.29, 1.82) is 0 Å². The number of carbonyl (C=O) groups excluding carboxylic acids is 1. The maximum atomic E-state index is 12.3. The van der Waals surface area contributed by atoms with Crippen molar-refractivity contribution in [2.45, 2.75) is 51.3 Å². The quantitative estimate of drug-likeness (QED) is 0.578. The number of fused-ring (bicyclic) bond motifs is 1. The van der Waals surface area contributed by atoms with Crippen LogP contribution in [0.1, 0.15) is 52.5 Å². The first-order chi connectivity index (χ1) is 12.2. The van der Waals surface area contributed by atoms with E-state index in [1.807, 2.05) is 23.8 Å². The average Bonchev–Trinajstić information content (AvgIpc) is 3.13. The first-order valence-electron chi connectivity index (χ1n) is 8.96. The average molecular weight is 351 g/mol.